The van der Waals surface area contributed by atoms with Crippen molar-refractivity contribution in [2.24, 2.45) is 23.2 Å². The first-order valence-electron chi connectivity index (χ1n) is 9.63. The highest BCUT2D eigenvalue weighted by Crippen LogP contribution is 2.60. The first-order chi connectivity index (χ1) is 11.7. The van der Waals surface area contributed by atoms with Crippen LogP contribution in [-0.2, 0) is 9.53 Å². The summed E-state index contributed by atoms with van der Waals surface area (Å²) in [4.78, 5) is 13.1. The van der Waals surface area contributed by atoms with Gasteiger partial charge in [0.1, 0.15) is 0 Å². The van der Waals surface area contributed by atoms with Gasteiger partial charge in [-0.15, -0.1) is 0 Å². The van der Waals surface area contributed by atoms with Crippen molar-refractivity contribution in [1.29, 1.82) is 0 Å². The molecule has 0 radical (unpaired) electrons. The molecule has 5 aliphatic rings. The van der Waals surface area contributed by atoms with Gasteiger partial charge in [0, 0.05) is 19.4 Å². The molecule has 4 bridgehead atoms. The van der Waals surface area contributed by atoms with Crippen LogP contribution in [0.3, 0.4) is 0 Å². The van der Waals surface area contributed by atoms with Gasteiger partial charge in [-0.1, -0.05) is 0 Å². The molecule has 1 amide bonds. The van der Waals surface area contributed by atoms with E-state index < -0.39 is 0 Å². The minimum absolute atomic E-state index is 0.0878. The molecule has 0 unspecified atom stereocenters. The SMILES string of the molecule is O=C(Nc1cnn(C2CCOCC2)c1)C12CC3CC(CC(C3)C1)C2. The number of aromatic nitrogens is 2. The Kier molecular flexibility index (Phi) is 3.47. The highest BCUT2D eigenvalue weighted by Gasteiger charge is 2.54. The van der Waals surface area contributed by atoms with Crippen molar-refractivity contribution >= 4 is 11.6 Å². The smallest absolute Gasteiger partial charge is 0.230 e. The maximum absolute atomic E-state index is 13.1. The molecular formula is C19H27N3O2. The summed E-state index contributed by atoms with van der Waals surface area (Å²) < 4.78 is 7.43. The van der Waals surface area contributed by atoms with Gasteiger partial charge < -0.3 is 10.1 Å². The fourth-order valence-corrected chi connectivity index (χ4v) is 6.20. The van der Waals surface area contributed by atoms with Crippen molar-refractivity contribution < 1.29 is 9.53 Å². The van der Waals surface area contributed by atoms with Gasteiger partial charge in [0.25, 0.3) is 0 Å². The molecule has 4 saturated carbocycles. The summed E-state index contributed by atoms with van der Waals surface area (Å²) in [5.74, 6) is 2.65. The highest BCUT2D eigenvalue weighted by molar-refractivity contribution is 5.95. The predicted octanol–water partition coefficient (Wildman–Crippen LogP) is 3.39. The molecule has 5 fully saturated rings. The fraction of sp³-hybridized carbons (Fsp3) is 0.789. The van der Waals surface area contributed by atoms with Gasteiger partial charge in [0.2, 0.25) is 5.91 Å². The highest BCUT2D eigenvalue weighted by atomic mass is 16.5. The summed E-state index contributed by atoms with van der Waals surface area (Å²) in [7, 11) is 0. The Morgan fingerprint density at radius 3 is 2.38 bits per heavy atom. The van der Waals surface area contributed by atoms with E-state index in [1.807, 2.05) is 17.1 Å². The van der Waals surface area contributed by atoms with Crippen molar-refractivity contribution in [3.8, 4) is 0 Å². The lowest BCUT2D eigenvalue weighted by atomic mass is 9.49. The summed E-state index contributed by atoms with van der Waals surface area (Å²) >= 11 is 0. The topological polar surface area (TPSA) is 56.2 Å². The van der Waals surface area contributed by atoms with Crippen LogP contribution in [0.4, 0.5) is 5.69 Å². The van der Waals surface area contributed by atoms with Crippen molar-refractivity contribution in [3.63, 3.8) is 0 Å². The molecule has 1 aliphatic heterocycles. The monoisotopic (exact) mass is 329 g/mol. The van der Waals surface area contributed by atoms with Crippen LogP contribution >= 0.6 is 0 Å². The third kappa shape index (κ3) is 2.48. The van der Waals surface area contributed by atoms with Gasteiger partial charge >= 0.3 is 0 Å². The van der Waals surface area contributed by atoms with Gasteiger partial charge in [0.15, 0.2) is 0 Å². The van der Waals surface area contributed by atoms with Gasteiger partial charge in [-0.25, -0.2) is 0 Å². The Labute approximate surface area is 143 Å². The molecule has 0 atom stereocenters. The molecule has 4 aliphatic carbocycles. The van der Waals surface area contributed by atoms with E-state index in [1.54, 1.807) is 0 Å². The minimum Gasteiger partial charge on any atom is -0.381 e. The summed E-state index contributed by atoms with van der Waals surface area (Å²) in [6, 6.07) is 0.406. The van der Waals surface area contributed by atoms with Gasteiger partial charge in [-0.05, 0) is 69.1 Å². The number of carbonyl (C=O) groups excluding carboxylic acids is 1. The average Bonchev–Trinajstić information content (AvgIpc) is 3.03. The van der Waals surface area contributed by atoms with E-state index in [2.05, 4.69) is 10.4 Å². The number of amides is 1. The molecule has 1 N–H and O–H groups in total. The first kappa shape index (κ1) is 14.9. The molecule has 0 spiro atoms. The van der Waals surface area contributed by atoms with Crippen molar-refractivity contribution in [2.45, 2.75) is 57.4 Å². The molecular weight excluding hydrogens is 302 g/mol. The molecule has 5 heteroatoms. The zero-order valence-electron chi connectivity index (χ0n) is 14.2. The van der Waals surface area contributed by atoms with Gasteiger partial charge in [-0.3, -0.25) is 9.48 Å². The van der Waals surface area contributed by atoms with Crippen molar-refractivity contribution in [3.05, 3.63) is 12.4 Å². The Morgan fingerprint density at radius 1 is 1.12 bits per heavy atom. The van der Waals surface area contributed by atoms with E-state index in [1.165, 1.54) is 19.3 Å². The summed E-state index contributed by atoms with van der Waals surface area (Å²) in [5.41, 5.74) is 0.775. The Morgan fingerprint density at radius 2 is 1.75 bits per heavy atom. The number of anilines is 1. The summed E-state index contributed by atoms with van der Waals surface area (Å²) in [6.45, 7) is 1.61. The Balaban J connectivity index is 1.29. The second-order valence-corrected chi connectivity index (χ2v) is 8.70. The maximum Gasteiger partial charge on any atom is 0.230 e. The number of hydrogen-bond donors (Lipinski definition) is 1. The fourth-order valence-electron chi connectivity index (χ4n) is 6.20. The van der Waals surface area contributed by atoms with E-state index >= 15 is 0 Å². The molecule has 0 aromatic carbocycles. The molecule has 1 saturated heterocycles. The molecule has 5 nitrogen and oxygen atoms in total. The van der Waals surface area contributed by atoms with E-state index in [0.717, 1.165) is 68.8 Å². The van der Waals surface area contributed by atoms with Crippen LogP contribution in [0.1, 0.15) is 57.4 Å². The van der Waals surface area contributed by atoms with E-state index in [9.17, 15) is 4.79 Å². The molecule has 1 aromatic rings. The third-order valence-corrected chi connectivity index (χ3v) is 6.94. The number of carbonyl (C=O) groups is 1. The Bertz CT molecular complexity index is 597. The summed E-state index contributed by atoms with van der Waals surface area (Å²) in [5, 5.41) is 7.69. The largest absolute Gasteiger partial charge is 0.381 e. The minimum atomic E-state index is -0.0878. The normalized spacial score (nSPS) is 38.4. The van der Waals surface area contributed by atoms with E-state index in [0.29, 0.717) is 6.04 Å². The number of nitrogens with zero attached hydrogens (tertiary/aromatic N) is 2. The zero-order chi connectivity index (χ0) is 16.1. The van der Waals surface area contributed by atoms with Crippen molar-refractivity contribution in [2.75, 3.05) is 18.5 Å². The number of rotatable bonds is 3. The van der Waals surface area contributed by atoms with Crippen LogP contribution in [0.2, 0.25) is 0 Å². The molecule has 1 aromatic heterocycles. The van der Waals surface area contributed by atoms with Crippen LogP contribution in [0.5, 0.6) is 0 Å². The van der Waals surface area contributed by atoms with Crippen LogP contribution < -0.4 is 5.32 Å². The number of nitrogens with one attached hydrogen (secondary N) is 1. The van der Waals surface area contributed by atoms with Crippen LogP contribution in [0.25, 0.3) is 0 Å². The number of hydrogen-bond acceptors (Lipinski definition) is 3. The van der Waals surface area contributed by atoms with Crippen LogP contribution in [-0.4, -0.2) is 28.9 Å². The van der Waals surface area contributed by atoms with Crippen molar-refractivity contribution in [1.82, 2.24) is 9.78 Å². The first-order valence-corrected chi connectivity index (χ1v) is 9.63. The maximum atomic E-state index is 13.1. The molecule has 6 rings (SSSR count). The van der Waals surface area contributed by atoms with E-state index in [4.69, 9.17) is 4.74 Å². The molecule has 130 valence electrons. The third-order valence-electron chi connectivity index (χ3n) is 6.94. The van der Waals surface area contributed by atoms with Crippen LogP contribution in [0, 0.1) is 23.2 Å². The van der Waals surface area contributed by atoms with Gasteiger partial charge in [-0.2, -0.15) is 5.10 Å². The standard InChI is InChI=1S/C19H27N3O2/c23-18(19-8-13-5-14(9-19)7-15(6-13)10-19)21-16-11-20-22(12-16)17-1-3-24-4-2-17/h11-15,17H,1-10H2,(H,21,23). The van der Waals surface area contributed by atoms with E-state index in [-0.39, 0.29) is 11.3 Å². The second-order valence-electron chi connectivity index (χ2n) is 8.70. The molecule has 2 heterocycles. The average molecular weight is 329 g/mol. The lowest BCUT2D eigenvalue weighted by Gasteiger charge is -2.55. The lowest BCUT2D eigenvalue weighted by molar-refractivity contribution is -0.140. The number of ether oxygens (including phenoxy) is 1. The van der Waals surface area contributed by atoms with Crippen LogP contribution in [0.15, 0.2) is 12.4 Å². The van der Waals surface area contributed by atoms with Gasteiger partial charge in [0.05, 0.1) is 23.3 Å². The summed E-state index contributed by atoms with van der Waals surface area (Å²) in [6.07, 6.45) is 13.3. The Hall–Kier alpha value is -1.36. The zero-order valence-corrected chi connectivity index (χ0v) is 14.2. The predicted molar refractivity (Wildman–Crippen MR) is 90.6 cm³/mol. The quantitative estimate of drug-likeness (QED) is 0.925. The second kappa shape index (κ2) is 5.58. The molecule has 24 heavy (non-hydrogen) atoms. The lowest BCUT2D eigenvalue weighted by Crippen LogP contribution is -2.51.